The Bertz CT molecular complexity index is 579. The van der Waals surface area contributed by atoms with E-state index >= 15 is 0 Å². The SMILES string of the molecule is CN(CCc1cccs1)CC1CCCc2cc(O)ccc21. The first-order valence-corrected chi connectivity index (χ1v) is 8.63. The van der Waals surface area contributed by atoms with Gasteiger partial charge in [-0.2, -0.15) is 0 Å². The number of fused-ring (bicyclic) bond motifs is 1. The second-order valence-corrected chi connectivity index (χ2v) is 7.10. The topological polar surface area (TPSA) is 23.5 Å². The lowest BCUT2D eigenvalue weighted by Gasteiger charge is -2.29. The Kier molecular flexibility index (Phi) is 4.61. The summed E-state index contributed by atoms with van der Waals surface area (Å²) in [5.41, 5.74) is 2.79. The third-order valence-electron chi connectivity index (χ3n) is 4.42. The van der Waals surface area contributed by atoms with Crippen molar-refractivity contribution in [2.45, 2.75) is 31.6 Å². The highest BCUT2D eigenvalue weighted by Crippen LogP contribution is 2.33. The molecule has 1 aromatic carbocycles. The van der Waals surface area contributed by atoms with Crippen LogP contribution in [-0.2, 0) is 12.8 Å². The minimum atomic E-state index is 0.403. The van der Waals surface area contributed by atoms with E-state index in [9.17, 15) is 5.11 Å². The Hall–Kier alpha value is -1.32. The van der Waals surface area contributed by atoms with Gasteiger partial charge in [0.25, 0.3) is 0 Å². The molecule has 0 spiro atoms. The van der Waals surface area contributed by atoms with Gasteiger partial charge in [-0.25, -0.2) is 0 Å². The zero-order valence-corrected chi connectivity index (χ0v) is 13.4. The van der Waals surface area contributed by atoms with Gasteiger partial charge in [-0.05, 0) is 73.4 Å². The van der Waals surface area contributed by atoms with Crippen molar-refractivity contribution >= 4 is 11.3 Å². The fourth-order valence-electron chi connectivity index (χ4n) is 3.31. The lowest BCUT2D eigenvalue weighted by atomic mass is 9.82. The summed E-state index contributed by atoms with van der Waals surface area (Å²) in [6, 6.07) is 10.3. The summed E-state index contributed by atoms with van der Waals surface area (Å²) in [4.78, 5) is 3.92. The lowest BCUT2D eigenvalue weighted by molar-refractivity contribution is 0.301. The minimum Gasteiger partial charge on any atom is -0.508 e. The molecular weight excluding hydrogens is 278 g/mol. The molecule has 3 heteroatoms. The number of hydrogen-bond donors (Lipinski definition) is 1. The summed E-state index contributed by atoms with van der Waals surface area (Å²) in [6.45, 7) is 2.23. The molecule has 0 aliphatic heterocycles. The summed E-state index contributed by atoms with van der Waals surface area (Å²) in [6.07, 6.45) is 4.75. The first-order chi connectivity index (χ1) is 10.2. The second kappa shape index (κ2) is 6.63. The standard InChI is InChI=1S/C18H23NOS/c1-19(10-9-17-6-3-11-21-17)13-15-5-2-4-14-12-16(20)7-8-18(14)15/h3,6-8,11-12,15,20H,2,4-5,9-10,13H2,1H3. The minimum absolute atomic E-state index is 0.403. The quantitative estimate of drug-likeness (QED) is 0.900. The van der Waals surface area contributed by atoms with Crippen molar-refractivity contribution in [3.05, 3.63) is 51.7 Å². The number of thiophene rings is 1. The predicted molar refractivity (Wildman–Crippen MR) is 89.3 cm³/mol. The smallest absolute Gasteiger partial charge is 0.115 e. The molecule has 0 saturated carbocycles. The molecular formula is C18H23NOS. The molecule has 0 amide bonds. The van der Waals surface area contributed by atoms with Crippen LogP contribution in [0, 0.1) is 0 Å². The molecule has 1 unspecified atom stereocenters. The van der Waals surface area contributed by atoms with Crippen molar-refractivity contribution in [3.63, 3.8) is 0 Å². The van der Waals surface area contributed by atoms with Crippen LogP contribution in [0.5, 0.6) is 5.75 Å². The van der Waals surface area contributed by atoms with E-state index in [0.29, 0.717) is 11.7 Å². The fraction of sp³-hybridized carbons (Fsp3) is 0.444. The van der Waals surface area contributed by atoms with Crippen molar-refractivity contribution < 1.29 is 5.11 Å². The molecule has 0 saturated heterocycles. The van der Waals surface area contributed by atoms with Crippen molar-refractivity contribution in [2.75, 3.05) is 20.1 Å². The number of phenolic OH excluding ortho intramolecular Hbond substituents is 1. The Labute approximate surface area is 131 Å². The van der Waals surface area contributed by atoms with Crippen molar-refractivity contribution in [3.8, 4) is 5.75 Å². The molecule has 112 valence electrons. The van der Waals surface area contributed by atoms with Gasteiger partial charge in [0.15, 0.2) is 0 Å². The third kappa shape index (κ3) is 3.66. The molecule has 1 heterocycles. The first-order valence-electron chi connectivity index (χ1n) is 7.75. The first kappa shape index (κ1) is 14.6. The monoisotopic (exact) mass is 301 g/mol. The van der Waals surface area contributed by atoms with Crippen LogP contribution in [-0.4, -0.2) is 30.1 Å². The number of nitrogens with zero attached hydrogens (tertiary/aromatic N) is 1. The van der Waals surface area contributed by atoms with E-state index in [1.54, 1.807) is 0 Å². The van der Waals surface area contributed by atoms with Crippen LogP contribution < -0.4 is 0 Å². The third-order valence-corrected chi connectivity index (χ3v) is 5.35. The van der Waals surface area contributed by atoms with E-state index in [-0.39, 0.29) is 0 Å². The molecule has 0 fully saturated rings. The highest BCUT2D eigenvalue weighted by molar-refractivity contribution is 7.09. The van der Waals surface area contributed by atoms with E-state index in [1.165, 1.54) is 28.8 Å². The molecule has 21 heavy (non-hydrogen) atoms. The van der Waals surface area contributed by atoms with Gasteiger partial charge in [-0.3, -0.25) is 0 Å². The Morgan fingerprint density at radius 2 is 2.24 bits per heavy atom. The van der Waals surface area contributed by atoms with Crippen LogP contribution in [0.1, 0.15) is 34.8 Å². The van der Waals surface area contributed by atoms with Gasteiger partial charge in [0.2, 0.25) is 0 Å². The maximum atomic E-state index is 9.64. The van der Waals surface area contributed by atoms with E-state index in [0.717, 1.165) is 25.9 Å². The van der Waals surface area contributed by atoms with Crippen LogP contribution >= 0.6 is 11.3 Å². The van der Waals surface area contributed by atoms with E-state index < -0.39 is 0 Å². The zero-order valence-electron chi connectivity index (χ0n) is 12.6. The van der Waals surface area contributed by atoms with Crippen LogP contribution in [0.25, 0.3) is 0 Å². The van der Waals surface area contributed by atoms with Gasteiger partial charge in [0, 0.05) is 18.0 Å². The molecule has 2 nitrogen and oxygen atoms in total. The number of benzene rings is 1. The highest BCUT2D eigenvalue weighted by Gasteiger charge is 2.21. The van der Waals surface area contributed by atoms with Gasteiger partial charge in [-0.1, -0.05) is 12.1 Å². The second-order valence-electron chi connectivity index (χ2n) is 6.06. The normalized spacial score (nSPS) is 17.9. The van der Waals surface area contributed by atoms with Crippen molar-refractivity contribution in [1.82, 2.24) is 4.90 Å². The molecule has 0 radical (unpaired) electrons. The Morgan fingerprint density at radius 1 is 1.33 bits per heavy atom. The van der Waals surface area contributed by atoms with Crippen LogP contribution in [0.4, 0.5) is 0 Å². The average molecular weight is 301 g/mol. The Morgan fingerprint density at radius 3 is 3.05 bits per heavy atom. The lowest BCUT2D eigenvalue weighted by Crippen LogP contribution is -2.28. The van der Waals surface area contributed by atoms with E-state index in [1.807, 2.05) is 23.5 Å². The summed E-state index contributed by atoms with van der Waals surface area (Å²) < 4.78 is 0. The molecule has 1 aliphatic rings. The summed E-state index contributed by atoms with van der Waals surface area (Å²) >= 11 is 1.85. The number of phenols is 1. The van der Waals surface area contributed by atoms with Gasteiger partial charge < -0.3 is 10.0 Å². The molecule has 1 N–H and O–H groups in total. The average Bonchev–Trinajstić information content (AvgIpc) is 2.98. The number of hydrogen-bond acceptors (Lipinski definition) is 3. The van der Waals surface area contributed by atoms with E-state index in [4.69, 9.17) is 0 Å². The van der Waals surface area contributed by atoms with Crippen molar-refractivity contribution in [1.29, 1.82) is 0 Å². The number of aromatic hydroxyl groups is 1. The molecule has 1 aromatic heterocycles. The van der Waals surface area contributed by atoms with Gasteiger partial charge in [0.05, 0.1) is 0 Å². The predicted octanol–water partition coefficient (Wildman–Crippen LogP) is 4.05. The molecule has 2 aromatic rings. The van der Waals surface area contributed by atoms with Crippen LogP contribution in [0.2, 0.25) is 0 Å². The molecule has 0 bridgehead atoms. The van der Waals surface area contributed by atoms with Crippen LogP contribution in [0.15, 0.2) is 35.7 Å². The largest absolute Gasteiger partial charge is 0.508 e. The van der Waals surface area contributed by atoms with Crippen LogP contribution in [0.3, 0.4) is 0 Å². The number of rotatable bonds is 5. The number of aryl methyl sites for hydroxylation is 1. The number of likely N-dealkylation sites (N-methyl/N-ethyl adjacent to an activating group) is 1. The van der Waals surface area contributed by atoms with Gasteiger partial charge in [-0.15, -0.1) is 11.3 Å². The van der Waals surface area contributed by atoms with E-state index in [2.05, 4.69) is 35.5 Å². The fourth-order valence-corrected chi connectivity index (χ4v) is 4.01. The maximum absolute atomic E-state index is 9.64. The van der Waals surface area contributed by atoms with Gasteiger partial charge >= 0.3 is 0 Å². The zero-order chi connectivity index (χ0) is 14.7. The molecule has 1 aliphatic carbocycles. The maximum Gasteiger partial charge on any atom is 0.115 e. The highest BCUT2D eigenvalue weighted by atomic mass is 32.1. The van der Waals surface area contributed by atoms with Gasteiger partial charge in [0.1, 0.15) is 5.75 Å². The summed E-state index contributed by atoms with van der Waals surface area (Å²) in [7, 11) is 2.22. The summed E-state index contributed by atoms with van der Waals surface area (Å²) in [5.74, 6) is 1.02. The summed E-state index contributed by atoms with van der Waals surface area (Å²) in [5, 5.41) is 11.8. The van der Waals surface area contributed by atoms with Crippen molar-refractivity contribution in [2.24, 2.45) is 0 Å². The molecule has 3 rings (SSSR count). The molecule has 1 atom stereocenters. The Balaban J connectivity index is 1.60.